The Morgan fingerprint density at radius 1 is 1.17 bits per heavy atom. The third-order valence-electron chi connectivity index (χ3n) is 3.50. The van der Waals surface area contributed by atoms with E-state index in [1.54, 1.807) is 0 Å². The maximum absolute atomic E-state index is 12.6. The van der Waals surface area contributed by atoms with Crippen LogP contribution in [0.5, 0.6) is 11.5 Å². The molecule has 24 heavy (non-hydrogen) atoms. The summed E-state index contributed by atoms with van der Waals surface area (Å²) in [6.45, 7) is 0. The highest BCUT2D eigenvalue weighted by Crippen LogP contribution is 2.29. The monoisotopic (exact) mass is 347 g/mol. The molecule has 3 rings (SSSR count). The predicted octanol–water partition coefficient (Wildman–Crippen LogP) is 2.08. The number of hydrogen-bond donors (Lipinski definition) is 1. The molecule has 3 aromatic rings. The summed E-state index contributed by atoms with van der Waals surface area (Å²) >= 11 is 0. The Morgan fingerprint density at radius 3 is 2.58 bits per heavy atom. The van der Waals surface area contributed by atoms with Gasteiger partial charge in [-0.1, -0.05) is 6.07 Å². The van der Waals surface area contributed by atoms with Crippen molar-refractivity contribution in [3.8, 4) is 22.6 Å². The Morgan fingerprint density at radius 2 is 1.92 bits per heavy atom. The summed E-state index contributed by atoms with van der Waals surface area (Å²) in [5, 5.41) is 9.63. The van der Waals surface area contributed by atoms with Gasteiger partial charge in [0.15, 0.2) is 5.43 Å². The van der Waals surface area contributed by atoms with E-state index in [2.05, 4.69) is 0 Å². The van der Waals surface area contributed by atoms with E-state index in [1.165, 1.54) is 37.4 Å². The van der Waals surface area contributed by atoms with E-state index in [4.69, 9.17) is 9.15 Å². The molecule has 0 amide bonds. The summed E-state index contributed by atoms with van der Waals surface area (Å²) in [4.78, 5) is 12.0. The molecule has 0 aliphatic rings. The van der Waals surface area contributed by atoms with Gasteiger partial charge in [-0.15, -0.1) is 0 Å². The average Bonchev–Trinajstić information content (AvgIpc) is 2.53. The van der Waals surface area contributed by atoms with Crippen molar-refractivity contribution < 1.29 is 27.2 Å². The van der Waals surface area contributed by atoms with Crippen molar-refractivity contribution >= 4 is 21.1 Å². The van der Waals surface area contributed by atoms with Crippen LogP contribution in [-0.2, 0) is 10.1 Å². The lowest BCUT2D eigenvalue weighted by Gasteiger charge is -2.13. The molecule has 1 heterocycles. The molecule has 0 aliphatic heterocycles. The van der Waals surface area contributed by atoms with Crippen LogP contribution in [0, 0.1) is 0 Å². The first kappa shape index (κ1) is 16.0. The number of hydrogen-bond acceptors (Lipinski definition) is 7. The largest absolute Gasteiger partial charge is 0.744 e. The fourth-order valence-corrected chi connectivity index (χ4v) is 3.02. The minimum atomic E-state index is -4.78. The van der Waals surface area contributed by atoms with Gasteiger partial charge in [0.1, 0.15) is 33.5 Å². The molecule has 0 radical (unpaired) electrons. The number of aromatic hydroxyl groups is 1. The zero-order valence-corrected chi connectivity index (χ0v) is 13.2. The van der Waals surface area contributed by atoms with Crippen LogP contribution in [0.1, 0.15) is 0 Å². The van der Waals surface area contributed by atoms with Crippen LogP contribution in [0.3, 0.4) is 0 Å². The summed E-state index contributed by atoms with van der Waals surface area (Å²) in [5.74, 6) is -0.161. The molecule has 0 fully saturated rings. The Kier molecular flexibility index (Phi) is 3.78. The van der Waals surface area contributed by atoms with Crippen LogP contribution in [0.4, 0.5) is 0 Å². The van der Waals surface area contributed by atoms with Gasteiger partial charge in [0, 0.05) is 6.07 Å². The lowest BCUT2D eigenvalue weighted by molar-refractivity contribution is 0.395. The lowest BCUT2D eigenvalue weighted by atomic mass is 10.1. The Hall–Kier alpha value is -2.84. The molecule has 8 heteroatoms. The van der Waals surface area contributed by atoms with Gasteiger partial charge in [-0.2, -0.15) is 0 Å². The molecule has 0 aliphatic carbocycles. The fourth-order valence-electron chi connectivity index (χ4n) is 2.36. The Bertz CT molecular complexity index is 1100. The molecule has 1 N–H and O–H groups in total. The van der Waals surface area contributed by atoms with E-state index in [9.17, 15) is 22.9 Å². The molecule has 2 aromatic carbocycles. The molecular formula is C16H11O7S-. The number of phenolic OH excluding ortho intramolecular Hbond substituents is 1. The molecule has 7 nitrogen and oxygen atoms in total. The van der Waals surface area contributed by atoms with E-state index in [0.29, 0.717) is 0 Å². The first-order valence-corrected chi connectivity index (χ1v) is 8.11. The zero-order chi connectivity index (χ0) is 17.5. The van der Waals surface area contributed by atoms with E-state index < -0.39 is 20.4 Å². The molecule has 0 bridgehead atoms. The predicted molar refractivity (Wildman–Crippen MR) is 84.1 cm³/mol. The minimum Gasteiger partial charge on any atom is -0.744 e. The van der Waals surface area contributed by atoms with Crippen molar-refractivity contribution in [1.29, 1.82) is 0 Å². The lowest BCUT2D eigenvalue weighted by Crippen LogP contribution is -2.06. The molecule has 0 unspecified atom stereocenters. The van der Waals surface area contributed by atoms with Crippen LogP contribution in [0.25, 0.3) is 22.1 Å². The summed E-state index contributed by atoms with van der Waals surface area (Å²) in [6, 6.07) is 7.84. The Balaban J connectivity index is 2.27. The summed E-state index contributed by atoms with van der Waals surface area (Å²) in [7, 11) is -3.54. The van der Waals surface area contributed by atoms with E-state index in [1.807, 2.05) is 0 Å². The van der Waals surface area contributed by atoms with Gasteiger partial charge < -0.3 is 18.8 Å². The maximum Gasteiger partial charge on any atom is 0.200 e. The smallest absolute Gasteiger partial charge is 0.200 e. The second-order valence-electron chi connectivity index (χ2n) is 4.98. The summed E-state index contributed by atoms with van der Waals surface area (Å²) in [5.41, 5.74) is 0.0549. The zero-order valence-electron chi connectivity index (χ0n) is 12.3. The standard InChI is InChI=1S/C16H12O7S/c1-22-13-5-2-9(6-15(13)24(19,20)21)12-8-23-14-7-10(17)3-4-11(14)16(12)18/h2-8,17H,1H3,(H,19,20,21)/p-1. The molecule has 1 aromatic heterocycles. The van der Waals surface area contributed by atoms with Gasteiger partial charge >= 0.3 is 0 Å². The van der Waals surface area contributed by atoms with Crippen LogP contribution in [-0.4, -0.2) is 25.2 Å². The first-order chi connectivity index (χ1) is 11.3. The van der Waals surface area contributed by atoms with E-state index in [0.717, 1.165) is 12.3 Å². The highest BCUT2D eigenvalue weighted by atomic mass is 32.2. The molecular weight excluding hydrogens is 336 g/mol. The van der Waals surface area contributed by atoms with Crippen molar-refractivity contribution in [3.63, 3.8) is 0 Å². The number of rotatable bonds is 3. The quantitative estimate of drug-likeness (QED) is 0.721. The second kappa shape index (κ2) is 5.66. The molecule has 0 atom stereocenters. The third kappa shape index (κ3) is 2.72. The van der Waals surface area contributed by atoms with E-state index >= 15 is 0 Å². The maximum atomic E-state index is 12.6. The molecule has 0 spiro atoms. The van der Waals surface area contributed by atoms with Crippen molar-refractivity contribution in [2.45, 2.75) is 4.90 Å². The SMILES string of the molecule is COc1ccc(-c2coc3cc(O)ccc3c2=O)cc1S(=O)(=O)[O-]. The topological polar surface area (TPSA) is 117 Å². The van der Waals surface area contributed by atoms with Crippen LogP contribution >= 0.6 is 0 Å². The highest BCUT2D eigenvalue weighted by molar-refractivity contribution is 7.85. The average molecular weight is 347 g/mol. The minimum absolute atomic E-state index is 0.0532. The number of benzene rings is 2. The Labute approximate surface area is 136 Å². The summed E-state index contributed by atoms with van der Waals surface area (Å²) in [6.07, 6.45) is 1.15. The van der Waals surface area contributed by atoms with Gasteiger partial charge in [0.2, 0.25) is 0 Å². The molecule has 0 saturated heterocycles. The summed E-state index contributed by atoms with van der Waals surface area (Å²) < 4.78 is 44.3. The van der Waals surface area contributed by atoms with Gasteiger partial charge in [-0.3, -0.25) is 4.79 Å². The van der Waals surface area contributed by atoms with Gasteiger partial charge in [0.05, 0.1) is 23.0 Å². The van der Waals surface area contributed by atoms with Gasteiger partial charge in [-0.05, 0) is 29.8 Å². The molecule has 0 saturated carbocycles. The fraction of sp³-hybridized carbons (Fsp3) is 0.0625. The molecule has 124 valence electrons. The first-order valence-electron chi connectivity index (χ1n) is 6.70. The van der Waals surface area contributed by atoms with Crippen LogP contribution in [0.15, 0.2) is 56.8 Å². The second-order valence-corrected chi connectivity index (χ2v) is 6.33. The van der Waals surface area contributed by atoms with Crippen LogP contribution in [0.2, 0.25) is 0 Å². The number of phenols is 1. The van der Waals surface area contributed by atoms with Crippen molar-refractivity contribution in [1.82, 2.24) is 0 Å². The van der Waals surface area contributed by atoms with E-state index in [-0.39, 0.29) is 33.6 Å². The number of fused-ring (bicyclic) bond motifs is 1. The van der Waals surface area contributed by atoms with Gasteiger partial charge in [-0.25, -0.2) is 8.42 Å². The number of ether oxygens (including phenoxy) is 1. The van der Waals surface area contributed by atoms with Crippen molar-refractivity contribution in [2.75, 3.05) is 7.11 Å². The van der Waals surface area contributed by atoms with Crippen LogP contribution < -0.4 is 10.2 Å². The van der Waals surface area contributed by atoms with Crippen molar-refractivity contribution in [2.24, 2.45) is 0 Å². The van der Waals surface area contributed by atoms with Gasteiger partial charge in [0.25, 0.3) is 0 Å². The highest BCUT2D eigenvalue weighted by Gasteiger charge is 2.15. The van der Waals surface area contributed by atoms with Crippen molar-refractivity contribution in [3.05, 3.63) is 52.9 Å². The third-order valence-corrected chi connectivity index (χ3v) is 4.36. The normalized spacial score (nSPS) is 11.6. The number of methoxy groups -OCH3 is 1.